The van der Waals surface area contributed by atoms with Crippen LogP contribution < -0.4 is 5.09 Å². The molecule has 20 heavy (non-hydrogen) atoms. The molecule has 2 saturated heterocycles. The van der Waals surface area contributed by atoms with E-state index >= 15 is 0 Å². The van der Waals surface area contributed by atoms with Crippen molar-refractivity contribution in [2.24, 2.45) is 0 Å². The van der Waals surface area contributed by atoms with E-state index in [9.17, 15) is 18.9 Å². The highest BCUT2D eigenvalue weighted by Crippen LogP contribution is 2.89. The van der Waals surface area contributed by atoms with Crippen molar-refractivity contribution in [1.29, 1.82) is 0 Å². The summed E-state index contributed by atoms with van der Waals surface area (Å²) in [7, 11) is -13.4. The van der Waals surface area contributed by atoms with Gasteiger partial charge < -0.3 is 5.50 Å². The van der Waals surface area contributed by atoms with Crippen molar-refractivity contribution >= 4 is 37.0 Å². The summed E-state index contributed by atoms with van der Waals surface area (Å²) in [5.74, 6) is 0.837. The average Bonchev–Trinajstić information content (AvgIpc) is 2.36. The SMILES string of the molecule is [NH-][P+](=CCC1NP2(=O)OP(=O)(O)O[P+]1(O)O2)C1CCC1. The van der Waals surface area contributed by atoms with Crippen LogP contribution in [0.1, 0.15) is 25.7 Å². The summed E-state index contributed by atoms with van der Waals surface area (Å²) in [4.78, 5) is 19.4. The van der Waals surface area contributed by atoms with E-state index in [2.05, 4.69) is 13.7 Å². The molecule has 5 unspecified atom stereocenters. The van der Waals surface area contributed by atoms with Crippen molar-refractivity contribution in [1.82, 2.24) is 5.09 Å². The van der Waals surface area contributed by atoms with Gasteiger partial charge in [0.05, 0.1) is 12.2 Å². The minimum absolute atomic E-state index is 0.184. The van der Waals surface area contributed by atoms with Gasteiger partial charge in [-0.15, -0.1) is 0 Å². The van der Waals surface area contributed by atoms with Crippen LogP contribution in [0.2, 0.25) is 0 Å². The van der Waals surface area contributed by atoms with Gasteiger partial charge in [-0.2, -0.15) is 14.3 Å². The summed E-state index contributed by atoms with van der Waals surface area (Å²) in [6, 6.07) is 0. The number of hydrogen-bond donors (Lipinski definition) is 3. The van der Waals surface area contributed by atoms with Gasteiger partial charge in [0, 0.05) is 7.70 Å². The molecule has 0 aromatic rings. The van der Waals surface area contributed by atoms with Crippen molar-refractivity contribution in [3.8, 4) is 0 Å². The molecule has 2 bridgehead atoms. The molecular weight excluding hydrogens is 348 g/mol. The fourth-order valence-corrected chi connectivity index (χ4v) is 11.7. The van der Waals surface area contributed by atoms with Crippen LogP contribution in [-0.4, -0.2) is 27.0 Å². The van der Waals surface area contributed by atoms with Crippen LogP contribution in [0, 0.1) is 0 Å². The number of fused-ring (bicyclic) bond motifs is 2. The second kappa shape index (κ2) is 5.16. The van der Waals surface area contributed by atoms with Crippen LogP contribution in [0.5, 0.6) is 0 Å². The summed E-state index contributed by atoms with van der Waals surface area (Å²) in [5.41, 5.74) is 8.37. The molecule has 3 aliphatic rings. The highest BCUT2D eigenvalue weighted by molar-refractivity contribution is 7.83. The van der Waals surface area contributed by atoms with E-state index in [1.54, 1.807) is 5.80 Å². The number of nitrogens with one attached hydrogen (secondary N) is 2. The highest BCUT2D eigenvalue weighted by atomic mass is 31.3. The normalized spacial score (nSPS) is 49.1. The first-order chi connectivity index (χ1) is 9.22. The molecule has 1 saturated carbocycles. The Labute approximate surface area is 117 Å². The van der Waals surface area contributed by atoms with E-state index in [0.29, 0.717) is 5.66 Å². The van der Waals surface area contributed by atoms with Crippen molar-refractivity contribution < 1.29 is 31.8 Å². The Bertz CT molecular complexity index is 551. The Morgan fingerprint density at radius 3 is 2.75 bits per heavy atom. The van der Waals surface area contributed by atoms with Gasteiger partial charge in [-0.05, 0) is 19.3 Å². The van der Waals surface area contributed by atoms with Crippen LogP contribution in [0.3, 0.4) is 0 Å². The van der Waals surface area contributed by atoms with Crippen LogP contribution in [-0.2, 0) is 22.1 Å². The molecule has 3 fully saturated rings. The average molecular weight is 363 g/mol. The fourth-order valence-electron chi connectivity index (χ4n) is 2.11. The Kier molecular flexibility index (Phi) is 4.04. The monoisotopic (exact) mass is 363 g/mol. The maximum atomic E-state index is 12.0. The maximum Gasteiger partial charge on any atom is 0.519 e. The summed E-state index contributed by atoms with van der Waals surface area (Å²) in [6.07, 6.45) is 3.38. The van der Waals surface area contributed by atoms with E-state index < -0.39 is 37.0 Å². The minimum atomic E-state index is -4.57. The van der Waals surface area contributed by atoms with Gasteiger partial charge in [0.15, 0.2) is 0 Å². The predicted molar refractivity (Wildman–Crippen MR) is 76.3 cm³/mol. The topological polar surface area (TPSA) is 138 Å². The third kappa shape index (κ3) is 2.96. The molecule has 0 spiro atoms. The van der Waals surface area contributed by atoms with E-state index in [1.165, 1.54) is 0 Å². The van der Waals surface area contributed by atoms with Gasteiger partial charge in [-0.1, -0.05) is 8.62 Å². The standard InChI is InChI=1S/C7H14N2O7P4/c8-17(6-2-1-3-6)5-4-7-9-19(11)14-18(7,10)15-20(12,13)16-19/h5-8,10H,1-4H2,(H-,9,11,12,13)/p+1. The molecule has 0 aromatic heterocycles. The lowest BCUT2D eigenvalue weighted by atomic mass is 10.00. The van der Waals surface area contributed by atoms with E-state index in [-0.39, 0.29) is 6.42 Å². The Balaban J connectivity index is 1.75. The van der Waals surface area contributed by atoms with Crippen LogP contribution in [0.4, 0.5) is 0 Å². The van der Waals surface area contributed by atoms with E-state index in [1.807, 2.05) is 0 Å². The van der Waals surface area contributed by atoms with Gasteiger partial charge in [-0.25, -0.2) is 9.13 Å². The molecule has 9 nitrogen and oxygen atoms in total. The first-order valence-electron chi connectivity index (χ1n) is 6.00. The van der Waals surface area contributed by atoms with Crippen molar-refractivity contribution in [3.63, 3.8) is 0 Å². The second-order valence-corrected chi connectivity index (χ2v) is 12.6. The summed E-state index contributed by atoms with van der Waals surface area (Å²) in [6.45, 7) is 0. The zero-order chi connectivity index (χ0) is 14.6. The molecule has 5 atom stereocenters. The van der Waals surface area contributed by atoms with E-state index in [4.69, 9.17) is 9.81 Å². The van der Waals surface area contributed by atoms with Crippen LogP contribution >= 0.6 is 31.2 Å². The molecule has 4 N–H and O–H groups in total. The number of hydrogen-bond acceptors (Lipinski definition) is 6. The lowest BCUT2D eigenvalue weighted by Crippen LogP contribution is -2.21. The molecule has 114 valence electrons. The van der Waals surface area contributed by atoms with Gasteiger partial charge in [0.25, 0.3) is 0 Å². The fraction of sp³-hybridized carbons (Fsp3) is 0.857. The number of rotatable bonds is 3. The molecule has 0 amide bonds. The Hall–Kier alpha value is 0.780. The highest BCUT2D eigenvalue weighted by Gasteiger charge is 2.74. The predicted octanol–water partition coefficient (Wildman–Crippen LogP) is 3.14. The van der Waals surface area contributed by atoms with Crippen LogP contribution in [0.25, 0.3) is 5.50 Å². The van der Waals surface area contributed by atoms with Gasteiger partial charge in [-0.3, -0.25) is 4.89 Å². The lowest BCUT2D eigenvalue weighted by Gasteiger charge is -2.22. The molecule has 2 heterocycles. The van der Waals surface area contributed by atoms with Crippen LogP contribution in [0.15, 0.2) is 0 Å². The largest absolute Gasteiger partial charge is 0.519 e. The summed E-state index contributed by atoms with van der Waals surface area (Å²) < 4.78 is 37.1. The van der Waals surface area contributed by atoms with Crippen molar-refractivity contribution in [2.75, 3.05) is 0 Å². The van der Waals surface area contributed by atoms with Gasteiger partial charge >= 0.3 is 23.5 Å². The first kappa shape index (κ1) is 15.7. The third-order valence-electron chi connectivity index (χ3n) is 3.35. The first-order valence-corrected chi connectivity index (χ1v) is 12.2. The molecule has 1 aliphatic carbocycles. The van der Waals surface area contributed by atoms with Crippen molar-refractivity contribution in [2.45, 2.75) is 37.1 Å². The molecule has 2 aliphatic heterocycles. The summed E-state index contributed by atoms with van der Waals surface area (Å²) in [5, 5.41) is 2.40. The summed E-state index contributed by atoms with van der Waals surface area (Å²) >= 11 is 0. The Morgan fingerprint density at radius 1 is 1.45 bits per heavy atom. The Morgan fingerprint density at radius 2 is 2.15 bits per heavy atom. The molecule has 0 radical (unpaired) electrons. The second-order valence-electron chi connectivity index (χ2n) is 4.83. The zero-order valence-corrected chi connectivity index (χ0v) is 13.9. The van der Waals surface area contributed by atoms with Gasteiger partial charge in [0.2, 0.25) is 5.78 Å². The molecular formula is C7H15N2O7P4+. The maximum absolute atomic E-state index is 12.0. The van der Waals surface area contributed by atoms with Crippen molar-refractivity contribution in [3.05, 3.63) is 5.50 Å². The molecule has 0 aromatic carbocycles. The molecule has 3 rings (SSSR count). The zero-order valence-electron chi connectivity index (χ0n) is 10.3. The van der Waals surface area contributed by atoms with Gasteiger partial charge in [0.1, 0.15) is 5.66 Å². The smallest absolute Gasteiger partial charge is 0.455 e. The van der Waals surface area contributed by atoms with E-state index in [0.717, 1.165) is 19.3 Å². The number of phosphoric acid groups is 1. The third-order valence-corrected chi connectivity index (χ3v) is 12.5. The lowest BCUT2D eigenvalue weighted by molar-refractivity contribution is 0.219. The minimum Gasteiger partial charge on any atom is -0.455 e. The quantitative estimate of drug-likeness (QED) is 0.650. The molecule has 13 heteroatoms.